The SMILES string of the molecule is COc1ccc(CC(=O)Oc2ccc(C(C)=O)cc2OC)cc1. The van der Waals surface area contributed by atoms with Gasteiger partial charge in [0.1, 0.15) is 5.75 Å². The Morgan fingerprint density at radius 2 is 1.61 bits per heavy atom. The molecule has 0 heterocycles. The Kier molecular flexibility index (Phi) is 5.36. The van der Waals surface area contributed by atoms with Crippen molar-refractivity contribution in [2.24, 2.45) is 0 Å². The molecule has 5 heteroatoms. The number of methoxy groups -OCH3 is 2. The van der Waals surface area contributed by atoms with Crippen molar-refractivity contribution in [2.45, 2.75) is 13.3 Å². The number of hydrogen-bond acceptors (Lipinski definition) is 5. The van der Waals surface area contributed by atoms with Crippen LogP contribution < -0.4 is 14.2 Å². The van der Waals surface area contributed by atoms with Gasteiger partial charge >= 0.3 is 5.97 Å². The van der Waals surface area contributed by atoms with Crippen LogP contribution in [0.15, 0.2) is 42.5 Å². The lowest BCUT2D eigenvalue weighted by Crippen LogP contribution is -2.12. The molecule has 5 nitrogen and oxygen atoms in total. The highest BCUT2D eigenvalue weighted by atomic mass is 16.6. The minimum Gasteiger partial charge on any atom is -0.497 e. The molecule has 23 heavy (non-hydrogen) atoms. The van der Waals surface area contributed by atoms with Crippen molar-refractivity contribution >= 4 is 11.8 Å². The van der Waals surface area contributed by atoms with Gasteiger partial charge in [0.15, 0.2) is 17.3 Å². The van der Waals surface area contributed by atoms with Crippen LogP contribution in [-0.2, 0) is 11.2 Å². The van der Waals surface area contributed by atoms with Crippen molar-refractivity contribution in [3.63, 3.8) is 0 Å². The lowest BCUT2D eigenvalue weighted by molar-refractivity contribution is -0.133. The van der Waals surface area contributed by atoms with Gasteiger partial charge in [0.25, 0.3) is 0 Å². The number of rotatable bonds is 6. The summed E-state index contributed by atoms with van der Waals surface area (Å²) in [6.45, 7) is 1.46. The van der Waals surface area contributed by atoms with Crippen molar-refractivity contribution in [1.82, 2.24) is 0 Å². The van der Waals surface area contributed by atoms with Gasteiger partial charge in [-0.15, -0.1) is 0 Å². The second-order valence-electron chi connectivity index (χ2n) is 4.92. The van der Waals surface area contributed by atoms with Gasteiger partial charge in [0, 0.05) is 5.56 Å². The van der Waals surface area contributed by atoms with E-state index >= 15 is 0 Å². The minimum atomic E-state index is -0.413. The minimum absolute atomic E-state index is 0.0839. The van der Waals surface area contributed by atoms with Crippen LogP contribution in [-0.4, -0.2) is 26.0 Å². The van der Waals surface area contributed by atoms with Crippen LogP contribution >= 0.6 is 0 Å². The number of benzene rings is 2. The first-order valence-electron chi connectivity index (χ1n) is 7.06. The second kappa shape index (κ2) is 7.45. The Morgan fingerprint density at radius 3 is 2.17 bits per heavy atom. The highest BCUT2D eigenvalue weighted by Gasteiger charge is 2.13. The van der Waals surface area contributed by atoms with Crippen molar-refractivity contribution in [2.75, 3.05) is 14.2 Å². The maximum absolute atomic E-state index is 12.0. The maximum atomic E-state index is 12.0. The zero-order valence-corrected chi connectivity index (χ0v) is 13.3. The predicted octanol–water partition coefficient (Wildman–Crippen LogP) is 3.05. The van der Waals surface area contributed by atoms with Crippen LogP contribution in [0.2, 0.25) is 0 Å². The molecule has 0 aliphatic rings. The van der Waals surface area contributed by atoms with E-state index < -0.39 is 5.97 Å². The van der Waals surface area contributed by atoms with Gasteiger partial charge in [-0.25, -0.2) is 0 Å². The van der Waals surface area contributed by atoms with Crippen molar-refractivity contribution < 1.29 is 23.8 Å². The first-order valence-corrected chi connectivity index (χ1v) is 7.06. The number of Topliss-reactive ketones (excluding diaryl/α,β-unsaturated/α-hetero) is 1. The third-order valence-corrected chi connectivity index (χ3v) is 3.30. The Hall–Kier alpha value is -2.82. The molecule has 0 saturated heterocycles. The molecule has 120 valence electrons. The first kappa shape index (κ1) is 16.5. The Labute approximate surface area is 134 Å². The van der Waals surface area contributed by atoms with Crippen LogP contribution in [0.1, 0.15) is 22.8 Å². The lowest BCUT2D eigenvalue weighted by atomic mass is 10.1. The number of ketones is 1. The smallest absolute Gasteiger partial charge is 0.315 e. The van der Waals surface area contributed by atoms with Gasteiger partial charge in [0.2, 0.25) is 0 Å². The maximum Gasteiger partial charge on any atom is 0.315 e. The van der Waals surface area contributed by atoms with Crippen molar-refractivity contribution in [1.29, 1.82) is 0 Å². The molecule has 0 atom stereocenters. The molecule has 0 bridgehead atoms. The molecule has 2 aromatic carbocycles. The summed E-state index contributed by atoms with van der Waals surface area (Å²) in [4.78, 5) is 23.4. The largest absolute Gasteiger partial charge is 0.497 e. The van der Waals surface area contributed by atoms with E-state index in [1.807, 2.05) is 0 Å². The van der Waals surface area contributed by atoms with E-state index in [4.69, 9.17) is 14.2 Å². The molecule has 0 radical (unpaired) electrons. The normalized spacial score (nSPS) is 10.0. The molecule has 0 saturated carbocycles. The molecule has 0 aliphatic carbocycles. The zero-order chi connectivity index (χ0) is 16.8. The van der Waals surface area contributed by atoms with Crippen LogP contribution in [0.5, 0.6) is 17.2 Å². The van der Waals surface area contributed by atoms with E-state index in [0.29, 0.717) is 11.3 Å². The third-order valence-electron chi connectivity index (χ3n) is 3.30. The molecular formula is C18H18O5. The molecule has 0 unspecified atom stereocenters. The topological polar surface area (TPSA) is 61.8 Å². The van der Waals surface area contributed by atoms with Crippen LogP contribution in [0.4, 0.5) is 0 Å². The highest BCUT2D eigenvalue weighted by molar-refractivity contribution is 5.94. The molecule has 2 rings (SSSR count). The number of esters is 1. The summed E-state index contributed by atoms with van der Waals surface area (Å²) >= 11 is 0. The van der Waals surface area contributed by atoms with E-state index in [0.717, 1.165) is 11.3 Å². The molecule has 0 N–H and O–H groups in total. The molecule has 0 aliphatic heterocycles. The second-order valence-corrected chi connectivity index (χ2v) is 4.92. The van der Waals surface area contributed by atoms with Gasteiger partial charge < -0.3 is 14.2 Å². The van der Waals surface area contributed by atoms with Gasteiger partial charge in [-0.1, -0.05) is 12.1 Å². The van der Waals surface area contributed by atoms with E-state index in [1.54, 1.807) is 49.6 Å². The number of carbonyl (C=O) groups excluding carboxylic acids is 2. The average molecular weight is 314 g/mol. The Morgan fingerprint density at radius 1 is 0.913 bits per heavy atom. The third kappa shape index (κ3) is 4.32. The molecule has 0 spiro atoms. The number of ether oxygens (including phenoxy) is 3. The van der Waals surface area contributed by atoms with Gasteiger partial charge in [-0.3, -0.25) is 9.59 Å². The van der Waals surface area contributed by atoms with Crippen molar-refractivity contribution in [3.05, 3.63) is 53.6 Å². The summed E-state index contributed by atoms with van der Waals surface area (Å²) in [5.74, 6) is 0.865. The molecule has 0 aromatic heterocycles. The standard InChI is InChI=1S/C18H18O5/c1-12(19)14-6-9-16(17(11-14)22-3)23-18(20)10-13-4-7-15(21-2)8-5-13/h4-9,11H,10H2,1-3H3. The zero-order valence-electron chi connectivity index (χ0n) is 13.3. The summed E-state index contributed by atoms with van der Waals surface area (Å²) < 4.78 is 15.6. The fourth-order valence-electron chi connectivity index (χ4n) is 2.04. The van der Waals surface area contributed by atoms with Crippen LogP contribution in [0.3, 0.4) is 0 Å². The van der Waals surface area contributed by atoms with Gasteiger partial charge in [-0.05, 0) is 42.8 Å². The van der Waals surface area contributed by atoms with Gasteiger partial charge in [-0.2, -0.15) is 0 Å². The number of carbonyl (C=O) groups is 2. The Balaban J connectivity index is 2.08. The summed E-state index contributed by atoms with van der Waals surface area (Å²) in [6, 6.07) is 11.9. The van der Waals surface area contributed by atoms with E-state index in [1.165, 1.54) is 14.0 Å². The average Bonchev–Trinajstić information content (AvgIpc) is 2.55. The van der Waals surface area contributed by atoms with Crippen LogP contribution in [0, 0.1) is 0 Å². The first-order chi connectivity index (χ1) is 11.0. The summed E-state index contributed by atoms with van der Waals surface area (Å²) in [7, 11) is 3.04. The monoisotopic (exact) mass is 314 g/mol. The number of hydrogen-bond donors (Lipinski definition) is 0. The summed E-state index contributed by atoms with van der Waals surface area (Å²) in [5, 5.41) is 0. The molecular weight excluding hydrogens is 296 g/mol. The van der Waals surface area contributed by atoms with Gasteiger partial charge in [0.05, 0.1) is 20.6 Å². The fourth-order valence-corrected chi connectivity index (χ4v) is 2.04. The summed E-state index contributed by atoms with van der Waals surface area (Å²) in [5.41, 5.74) is 1.31. The molecule has 0 fully saturated rings. The van der Waals surface area contributed by atoms with E-state index in [2.05, 4.69) is 0 Å². The van der Waals surface area contributed by atoms with Crippen molar-refractivity contribution in [3.8, 4) is 17.2 Å². The van der Waals surface area contributed by atoms with Crippen LogP contribution in [0.25, 0.3) is 0 Å². The summed E-state index contributed by atoms with van der Waals surface area (Å²) in [6.07, 6.45) is 0.127. The highest BCUT2D eigenvalue weighted by Crippen LogP contribution is 2.28. The molecule has 0 amide bonds. The van der Waals surface area contributed by atoms with E-state index in [9.17, 15) is 9.59 Å². The van der Waals surface area contributed by atoms with E-state index in [-0.39, 0.29) is 18.0 Å². The fraction of sp³-hybridized carbons (Fsp3) is 0.222. The predicted molar refractivity (Wildman–Crippen MR) is 85.3 cm³/mol. The Bertz CT molecular complexity index is 704. The quantitative estimate of drug-likeness (QED) is 0.466. The lowest BCUT2D eigenvalue weighted by Gasteiger charge is -2.10. The molecule has 2 aromatic rings.